The van der Waals surface area contributed by atoms with Crippen LogP contribution in [0, 0.1) is 0 Å². The third kappa shape index (κ3) is 7.73. The summed E-state index contributed by atoms with van der Waals surface area (Å²) < 4.78 is 30.7. The van der Waals surface area contributed by atoms with E-state index in [1.807, 2.05) is 0 Å². The molecule has 0 aliphatic carbocycles. The third-order valence-electron chi connectivity index (χ3n) is 0.529. The number of aliphatic hydroxyl groups is 1. The zero-order valence-electron chi connectivity index (χ0n) is 5.33. The fraction of sp³-hybridized carbons (Fsp3) is 0.667. The van der Waals surface area contributed by atoms with Crippen LogP contribution in [-0.4, -0.2) is 30.2 Å². The van der Waals surface area contributed by atoms with Crippen LogP contribution >= 0.6 is 0 Å². The number of hydrogen-bond acceptors (Lipinski definition) is 5. The van der Waals surface area contributed by atoms with Crippen LogP contribution in [0.15, 0.2) is 0 Å². The fourth-order valence-electron chi connectivity index (χ4n) is 0.173. The Morgan fingerprint density at radius 2 is 1.91 bits per heavy atom. The molecule has 1 unspecified atom stereocenters. The van der Waals surface area contributed by atoms with Gasteiger partial charge in [0, 0.05) is 16.5 Å². The molecule has 2 N–H and O–H groups in total. The molecule has 0 fully saturated rings. The average molecular weight is 229 g/mol. The van der Waals surface area contributed by atoms with E-state index in [-0.39, 0.29) is 16.5 Å². The number of aliphatic hydroxyl groups excluding tert-OH is 1. The van der Waals surface area contributed by atoms with E-state index in [2.05, 4.69) is 4.18 Å². The normalized spacial score (nSPS) is 13.0. The van der Waals surface area contributed by atoms with E-state index in [0.717, 1.165) is 6.92 Å². The van der Waals surface area contributed by atoms with E-state index in [4.69, 9.17) is 9.66 Å². The van der Waals surface area contributed by atoms with Crippen molar-refractivity contribution in [3.8, 4) is 0 Å². The van der Waals surface area contributed by atoms with Gasteiger partial charge >= 0.3 is 16.4 Å². The average Bonchev–Trinajstić information content (AvgIpc) is 1.60. The molecule has 6 nitrogen and oxygen atoms in total. The Morgan fingerprint density at radius 3 is 2.00 bits per heavy atom. The zero-order valence-corrected chi connectivity index (χ0v) is 7.13. The van der Waals surface area contributed by atoms with Gasteiger partial charge in [0.2, 0.25) is 0 Å². The Bertz CT molecular complexity index is 218. The van der Waals surface area contributed by atoms with Gasteiger partial charge in [0.1, 0.15) is 6.10 Å². The van der Waals surface area contributed by atoms with E-state index in [9.17, 15) is 13.2 Å². The van der Waals surface area contributed by atoms with E-state index < -0.39 is 22.5 Å². The zero-order chi connectivity index (χ0) is 8.36. The monoisotopic (exact) mass is 228 g/mol. The van der Waals surface area contributed by atoms with Crippen LogP contribution in [-0.2, 0) is 35.9 Å². The summed E-state index contributed by atoms with van der Waals surface area (Å²) in [4.78, 5) is 10.1. The molecule has 0 saturated carbocycles. The van der Waals surface area contributed by atoms with Crippen molar-refractivity contribution in [1.82, 2.24) is 0 Å². The Labute approximate surface area is 73.4 Å². The fourth-order valence-corrected chi connectivity index (χ4v) is 0.520. The minimum absolute atomic E-state index is 0. The molecule has 11 heavy (non-hydrogen) atoms. The predicted octanol–water partition coefficient (Wildman–Crippen LogP) is -1.29. The second-order valence-corrected chi connectivity index (χ2v) is 2.53. The molecule has 0 rings (SSSR count). The van der Waals surface area contributed by atoms with Gasteiger partial charge in [0.15, 0.2) is 0 Å². The van der Waals surface area contributed by atoms with Crippen LogP contribution in [0.1, 0.15) is 6.92 Å². The molecule has 0 radical (unpaired) electrons. The van der Waals surface area contributed by atoms with Crippen LogP contribution in [0.5, 0.6) is 0 Å². The number of carbonyl (C=O) groups excluding carboxylic acids is 1. The number of rotatable bonds is 2. The Kier molecular flexibility index (Phi) is 5.69. The van der Waals surface area contributed by atoms with Crippen molar-refractivity contribution in [2.24, 2.45) is 0 Å². The molecule has 0 aromatic carbocycles. The Hall–Kier alpha value is -0.166. The van der Waals surface area contributed by atoms with Gasteiger partial charge in [-0.25, -0.2) is 4.79 Å². The van der Waals surface area contributed by atoms with Crippen molar-refractivity contribution in [2.75, 3.05) is 0 Å². The molecule has 70 valence electrons. The largest absolute Gasteiger partial charge is 0.449 e. The summed E-state index contributed by atoms with van der Waals surface area (Å²) in [6.45, 7) is 1.01. The first-order chi connectivity index (χ1) is 4.33. The second kappa shape index (κ2) is 4.66. The summed E-state index contributed by atoms with van der Waals surface area (Å²) in [6, 6.07) is 0. The molecule has 0 heterocycles. The van der Waals surface area contributed by atoms with Crippen molar-refractivity contribution in [3.05, 3.63) is 0 Å². The summed E-state index contributed by atoms with van der Waals surface area (Å²) in [5, 5.41) is 8.33. The summed E-state index contributed by atoms with van der Waals surface area (Å²) in [7, 11) is -4.78. The molecule has 0 bridgehead atoms. The molecule has 0 aromatic heterocycles. The van der Waals surface area contributed by atoms with Crippen LogP contribution in [0.3, 0.4) is 0 Å². The quantitative estimate of drug-likeness (QED) is 0.451. The van der Waals surface area contributed by atoms with Gasteiger partial charge in [0.05, 0.1) is 0 Å². The van der Waals surface area contributed by atoms with Crippen LogP contribution < -0.4 is 0 Å². The van der Waals surface area contributed by atoms with Crippen LogP contribution in [0.25, 0.3) is 0 Å². The molecule has 0 spiro atoms. The molecule has 0 aromatic rings. The van der Waals surface area contributed by atoms with E-state index in [1.54, 1.807) is 0 Å². The number of carbonyl (C=O) groups is 1. The van der Waals surface area contributed by atoms with Gasteiger partial charge in [-0.2, -0.15) is 8.42 Å². The Morgan fingerprint density at radius 1 is 1.55 bits per heavy atom. The first-order valence-electron chi connectivity index (χ1n) is 2.22. The maximum absolute atomic E-state index is 10.1. The Balaban J connectivity index is 0. The summed E-state index contributed by atoms with van der Waals surface area (Å²) in [5.41, 5.74) is 0. The van der Waals surface area contributed by atoms with Crippen LogP contribution in [0.4, 0.5) is 0 Å². The van der Waals surface area contributed by atoms with Gasteiger partial charge < -0.3 is 9.29 Å². The maximum atomic E-state index is 10.1. The van der Waals surface area contributed by atoms with Crippen molar-refractivity contribution >= 4 is 16.4 Å². The molecule has 0 amide bonds. The van der Waals surface area contributed by atoms with Gasteiger partial charge in [-0.1, -0.05) is 0 Å². The van der Waals surface area contributed by atoms with Crippen molar-refractivity contribution in [2.45, 2.75) is 13.0 Å². The van der Waals surface area contributed by atoms with Gasteiger partial charge in [0.25, 0.3) is 0 Å². The topological polar surface area (TPSA) is 101 Å². The molecular weight excluding hydrogens is 223 g/mol. The van der Waals surface area contributed by atoms with E-state index in [1.165, 1.54) is 0 Å². The molecular formula is C3H6NiO6S. The maximum Gasteiger partial charge on any atom is 0.449 e. The minimum Gasteiger partial charge on any atom is -0.382 e. The second-order valence-electron chi connectivity index (χ2n) is 1.51. The first-order valence-corrected chi connectivity index (χ1v) is 3.58. The molecule has 8 heteroatoms. The predicted molar refractivity (Wildman–Crippen MR) is 29.3 cm³/mol. The minimum atomic E-state index is -4.78. The van der Waals surface area contributed by atoms with Crippen molar-refractivity contribution < 1.29 is 43.5 Å². The van der Waals surface area contributed by atoms with Crippen molar-refractivity contribution in [1.29, 1.82) is 0 Å². The summed E-state index contributed by atoms with van der Waals surface area (Å²) in [5.74, 6) is -1.41. The van der Waals surface area contributed by atoms with Gasteiger partial charge in [-0.05, 0) is 6.92 Å². The summed E-state index contributed by atoms with van der Waals surface area (Å²) >= 11 is 0. The molecule has 0 aliphatic heterocycles. The SMILES string of the molecule is CC(O)C(=O)OS(=O)(=O)O.[Ni]. The summed E-state index contributed by atoms with van der Waals surface area (Å²) in [6.07, 6.45) is -1.57. The standard InChI is InChI=1S/C3H6O6S.Ni/c1-2(4)3(5)9-10(6,7)8;/h2,4H,1H3,(H,6,7,8);. The van der Waals surface area contributed by atoms with Crippen molar-refractivity contribution in [3.63, 3.8) is 0 Å². The molecule has 0 aliphatic rings. The van der Waals surface area contributed by atoms with Gasteiger partial charge in [-0.3, -0.25) is 4.55 Å². The van der Waals surface area contributed by atoms with E-state index in [0.29, 0.717) is 0 Å². The molecule has 1 atom stereocenters. The third-order valence-corrected chi connectivity index (χ3v) is 0.903. The smallest absolute Gasteiger partial charge is 0.382 e. The number of hydrogen-bond donors (Lipinski definition) is 2. The first kappa shape index (κ1) is 13.4. The van der Waals surface area contributed by atoms with Crippen LogP contribution in [0.2, 0.25) is 0 Å². The van der Waals surface area contributed by atoms with E-state index >= 15 is 0 Å². The molecule has 0 saturated heterocycles. The van der Waals surface area contributed by atoms with Gasteiger partial charge in [-0.15, -0.1) is 0 Å².